The van der Waals surface area contributed by atoms with Crippen molar-refractivity contribution in [3.05, 3.63) is 46.6 Å². The van der Waals surface area contributed by atoms with Crippen LogP contribution < -0.4 is 10.2 Å². The standard InChI is InChI=1S/C22H35N5O/c1-17(2)25(4)16-20-8-6-7-19(13-20)14-23-15-21-18(3)24-26(5)22(21)27-9-11-28-12-10-27/h6-8,13,17,23H,9-12,14-16H2,1-5H3. The Labute approximate surface area is 169 Å². The third kappa shape index (κ3) is 5.13. The lowest BCUT2D eigenvalue weighted by molar-refractivity contribution is 0.122. The lowest BCUT2D eigenvalue weighted by Crippen LogP contribution is -2.38. The first-order valence-electron chi connectivity index (χ1n) is 10.3. The predicted molar refractivity (Wildman–Crippen MR) is 115 cm³/mol. The Bertz CT molecular complexity index is 764. The van der Waals surface area contributed by atoms with E-state index < -0.39 is 0 Å². The molecule has 1 aromatic heterocycles. The summed E-state index contributed by atoms with van der Waals surface area (Å²) >= 11 is 0. The Morgan fingerprint density at radius 3 is 2.61 bits per heavy atom. The Morgan fingerprint density at radius 1 is 1.18 bits per heavy atom. The van der Waals surface area contributed by atoms with Gasteiger partial charge in [0.2, 0.25) is 0 Å². The van der Waals surface area contributed by atoms with Gasteiger partial charge in [0.05, 0.1) is 18.9 Å². The summed E-state index contributed by atoms with van der Waals surface area (Å²) in [5.41, 5.74) is 5.08. The van der Waals surface area contributed by atoms with E-state index in [2.05, 4.69) is 72.3 Å². The van der Waals surface area contributed by atoms with Gasteiger partial charge in [0, 0.05) is 51.4 Å². The molecule has 1 N–H and O–H groups in total. The summed E-state index contributed by atoms with van der Waals surface area (Å²) < 4.78 is 7.52. The van der Waals surface area contributed by atoms with Gasteiger partial charge in [0.1, 0.15) is 5.82 Å². The first-order chi connectivity index (χ1) is 13.5. The Kier molecular flexibility index (Phi) is 7.10. The summed E-state index contributed by atoms with van der Waals surface area (Å²) in [5.74, 6) is 1.22. The molecule has 0 radical (unpaired) electrons. The van der Waals surface area contributed by atoms with Gasteiger partial charge in [-0.2, -0.15) is 5.10 Å². The van der Waals surface area contributed by atoms with Gasteiger partial charge in [-0.3, -0.25) is 9.58 Å². The van der Waals surface area contributed by atoms with E-state index in [1.165, 1.54) is 22.5 Å². The molecule has 6 heteroatoms. The number of aromatic nitrogens is 2. The van der Waals surface area contributed by atoms with E-state index in [1.807, 2.05) is 11.7 Å². The lowest BCUT2D eigenvalue weighted by Gasteiger charge is -2.29. The van der Waals surface area contributed by atoms with Crippen LogP contribution in [0.4, 0.5) is 5.82 Å². The van der Waals surface area contributed by atoms with Crippen LogP contribution in [0, 0.1) is 6.92 Å². The lowest BCUT2D eigenvalue weighted by atomic mass is 10.1. The zero-order valence-corrected chi connectivity index (χ0v) is 18.0. The molecule has 2 heterocycles. The normalized spacial score (nSPS) is 15.0. The number of nitrogens with one attached hydrogen (secondary N) is 1. The number of hydrogen-bond donors (Lipinski definition) is 1. The average molecular weight is 386 g/mol. The summed E-state index contributed by atoms with van der Waals surface area (Å²) in [6, 6.07) is 9.43. The van der Waals surface area contributed by atoms with E-state index in [4.69, 9.17) is 4.74 Å². The summed E-state index contributed by atoms with van der Waals surface area (Å²) in [6.07, 6.45) is 0. The monoisotopic (exact) mass is 385 g/mol. The summed E-state index contributed by atoms with van der Waals surface area (Å²) in [5, 5.41) is 8.29. The van der Waals surface area contributed by atoms with E-state index in [9.17, 15) is 0 Å². The average Bonchev–Trinajstić information content (AvgIpc) is 2.96. The number of ether oxygens (including phenoxy) is 1. The minimum Gasteiger partial charge on any atom is -0.378 e. The van der Waals surface area contributed by atoms with E-state index in [1.54, 1.807) is 0 Å². The molecule has 0 aliphatic carbocycles. The van der Waals surface area contributed by atoms with Crippen molar-refractivity contribution in [3.8, 4) is 0 Å². The van der Waals surface area contributed by atoms with E-state index in [-0.39, 0.29) is 0 Å². The number of aryl methyl sites for hydroxylation is 2. The van der Waals surface area contributed by atoms with Crippen molar-refractivity contribution in [3.63, 3.8) is 0 Å². The number of anilines is 1. The molecular weight excluding hydrogens is 350 g/mol. The van der Waals surface area contributed by atoms with Crippen LogP contribution in [0.1, 0.15) is 36.2 Å². The smallest absolute Gasteiger partial charge is 0.131 e. The number of benzene rings is 1. The first-order valence-corrected chi connectivity index (χ1v) is 10.3. The van der Waals surface area contributed by atoms with Crippen molar-refractivity contribution in [1.29, 1.82) is 0 Å². The maximum atomic E-state index is 5.51. The molecule has 1 aliphatic rings. The van der Waals surface area contributed by atoms with Gasteiger partial charge in [-0.15, -0.1) is 0 Å². The highest BCUT2D eigenvalue weighted by Gasteiger charge is 2.21. The fourth-order valence-corrected chi connectivity index (χ4v) is 3.71. The molecule has 1 aromatic carbocycles. The zero-order chi connectivity index (χ0) is 20.1. The summed E-state index contributed by atoms with van der Waals surface area (Å²) in [4.78, 5) is 4.75. The van der Waals surface area contributed by atoms with E-state index in [0.29, 0.717) is 6.04 Å². The molecule has 0 atom stereocenters. The maximum Gasteiger partial charge on any atom is 0.131 e. The van der Waals surface area contributed by atoms with Gasteiger partial charge in [0.15, 0.2) is 0 Å². The minimum absolute atomic E-state index is 0.550. The molecule has 154 valence electrons. The number of hydrogen-bond acceptors (Lipinski definition) is 5. The molecule has 2 aromatic rings. The van der Waals surface area contributed by atoms with Crippen molar-refractivity contribution >= 4 is 5.82 Å². The maximum absolute atomic E-state index is 5.51. The number of nitrogens with zero attached hydrogens (tertiary/aromatic N) is 4. The second-order valence-corrected chi connectivity index (χ2v) is 8.04. The molecule has 1 aliphatic heterocycles. The molecular formula is C22H35N5O. The molecule has 0 spiro atoms. The molecule has 1 fully saturated rings. The van der Waals surface area contributed by atoms with Gasteiger partial charge in [-0.1, -0.05) is 24.3 Å². The molecule has 0 bridgehead atoms. The van der Waals surface area contributed by atoms with Crippen LogP contribution in [0.15, 0.2) is 24.3 Å². The first kappa shape index (κ1) is 20.8. The van der Waals surface area contributed by atoms with Crippen LogP contribution in [0.25, 0.3) is 0 Å². The van der Waals surface area contributed by atoms with Gasteiger partial charge in [-0.05, 0) is 38.9 Å². The predicted octanol–water partition coefficient (Wildman–Crippen LogP) is 2.70. The molecule has 28 heavy (non-hydrogen) atoms. The number of rotatable bonds is 8. The van der Waals surface area contributed by atoms with Crippen LogP contribution in [-0.2, 0) is 31.4 Å². The van der Waals surface area contributed by atoms with Crippen molar-refractivity contribution in [2.45, 2.75) is 46.4 Å². The molecule has 0 unspecified atom stereocenters. The quantitative estimate of drug-likeness (QED) is 0.757. The van der Waals surface area contributed by atoms with Crippen molar-refractivity contribution in [2.24, 2.45) is 7.05 Å². The van der Waals surface area contributed by atoms with Crippen LogP contribution in [0.3, 0.4) is 0 Å². The Hall–Kier alpha value is -1.89. The highest BCUT2D eigenvalue weighted by molar-refractivity contribution is 5.50. The summed E-state index contributed by atoms with van der Waals surface area (Å²) in [6.45, 7) is 12.6. The topological polar surface area (TPSA) is 45.6 Å². The number of morpholine rings is 1. The third-order valence-corrected chi connectivity index (χ3v) is 5.56. The fourth-order valence-electron chi connectivity index (χ4n) is 3.71. The van der Waals surface area contributed by atoms with Crippen LogP contribution >= 0.6 is 0 Å². The van der Waals surface area contributed by atoms with Crippen molar-refractivity contribution in [2.75, 3.05) is 38.3 Å². The zero-order valence-electron chi connectivity index (χ0n) is 18.0. The van der Waals surface area contributed by atoms with Gasteiger partial charge < -0.3 is 15.0 Å². The van der Waals surface area contributed by atoms with Gasteiger partial charge in [-0.25, -0.2) is 0 Å². The van der Waals surface area contributed by atoms with Crippen molar-refractivity contribution in [1.82, 2.24) is 20.0 Å². The second kappa shape index (κ2) is 9.54. The van der Waals surface area contributed by atoms with E-state index >= 15 is 0 Å². The van der Waals surface area contributed by atoms with Crippen LogP contribution in [0.2, 0.25) is 0 Å². The van der Waals surface area contributed by atoms with Crippen LogP contribution in [-0.4, -0.2) is 54.1 Å². The third-order valence-electron chi connectivity index (χ3n) is 5.56. The SMILES string of the molecule is Cc1nn(C)c(N2CCOCC2)c1CNCc1cccc(CN(C)C(C)C)c1. The largest absolute Gasteiger partial charge is 0.378 e. The van der Waals surface area contributed by atoms with Gasteiger partial charge in [0.25, 0.3) is 0 Å². The van der Waals surface area contributed by atoms with Gasteiger partial charge >= 0.3 is 0 Å². The molecule has 3 rings (SSSR count). The minimum atomic E-state index is 0.550. The van der Waals surface area contributed by atoms with E-state index in [0.717, 1.165) is 51.6 Å². The second-order valence-electron chi connectivity index (χ2n) is 8.04. The Morgan fingerprint density at radius 2 is 1.89 bits per heavy atom. The van der Waals surface area contributed by atoms with Crippen LogP contribution in [0.5, 0.6) is 0 Å². The molecule has 0 amide bonds. The molecule has 6 nitrogen and oxygen atoms in total. The highest BCUT2D eigenvalue weighted by Crippen LogP contribution is 2.24. The Balaban J connectivity index is 1.62. The summed E-state index contributed by atoms with van der Waals surface area (Å²) in [7, 11) is 4.21. The highest BCUT2D eigenvalue weighted by atomic mass is 16.5. The van der Waals surface area contributed by atoms with Crippen molar-refractivity contribution < 1.29 is 4.74 Å². The molecule has 1 saturated heterocycles. The fraction of sp³-hybridized carbons (Fsp3) is 0.591. The molecule has 0 saturated carbocycles.